The summed E-state index contributed by atoms with van der Waals surface area (Å²) in [7, 11) is 1.89. The van der Waals surface area contributed by atoms with E-state index in [1.54, 1.807) is 0 Å². The third-order valence-corrected chi connectivity index (χ3v) is 3.19. The molecule has 1 atom stereocenters. The largest absolute Gasteiger partial charge is 0.491 e. The number of likely N-dealkylation sites (N-methyl/N-ethyl adjacent to an activating group) is 1. The first-order valence-corrected chi connectivity index (χ1v) is 7.44. The van der Waals surface area contributed by atoms with Crippen LogP contribution >= 0.6 is 0 Å². The van der Waals surface area contributed by atoms with Gasteiger partial charge in [-0.25, -0.2) is 0 Å². The van der Waals surface area contributed by atoms with E-state index in [-0.39, 0.29) is 6.61 Å². The molecule has 0 bridgehead atoms. The number of rotatable bonds is 8. The maximum absolute atomic E-state index is 10.0. The number of hydrogen-bond acceptors (Lipinski definition) is 6. The third-order valence-electron chi connectivity index (χ3n) is 3.19. The predicted octanol–water partition coefficient (Wildman–Crippen LogP) is 1.81. The molecule has 0 aliphatic carbocycles. The van der Waals surface area contributed by atoms with Crippen molar-refractivity contribution in [2.75, 3.05) is 20.2 Å². The predicted molar refractivity (Wildman–Crippen MR) is 82.7 cm³/mol. The molecule has 0 aliphatic rings. The van der Waals surface area contributed by atoms with Crippen molar-refractivity contribution in [1.29, 1.82) is 0 Å². The Morgan fingerprint density at radius 3 is 2.91 bits per heavy atom. The van der Waals surface area contributed by atoms with Gasteiger partial charge in [0.1, 0.15) is 18.5 Å². The number of aryl methyl sites for hydroxylation is 2. The van der Waals surface area contributed by atoms with Crippen LogP contribution in [0.3, 0.4) is 0 Å². The Hall–Kier alpha value is -1.92. The summed E-state index contributed by atoms with van der Waals surface area (Å²) in [5.74, 6) is 2.03. The van der Waals surface area contributed by atoms with Crippen LogP contribution in [0.2, 0.25) is 0 Å². The Morgan fingerprint density at radius 1 is 1.41 bits per heavy atom. The molecule has 1 unspecified atom stereocenters. The number of aromatic nitrogens is 2. The van der Waals surface area contributed by atoms with Crippen molar-refractivity contribution in [3.63, 3.8) is 0 Å². The summed E-state index contributed by atoms with van der Waals surface area (Å²) in [4.78, 5) is 6.17. The maximum Gasteiger partial charge on any atom is 0.240 e. The van der Waals surface area contributed by atoms with E-state index in [2.05, 4.69) is 10.1 Å². The normalized spacial score (nSPS) is 12.6. The summed E-state index contributed by atoms with van der Waals surface area (Å²) in [5, 5.41) is 13.9. The molecule has 2 rings (SSSR count). The highest BCUT2D eigenvalue weighted by Gasteiger charge is 2.13. The molecule has 0 saturated carbocycles. The Balaban J connectivity index is 1.75. The SMILES string of the molecule is CCc1noc(CN(C)CC(O)COc2cccc(C)c2)n1. The number of aliphatic hydroxyl groups is 1. The first kappa shape index (κ1) is 16.5. The van der Waals surface area contributed by atoms with Crippen molar-refractivity contribution in [1.82, 2.24) is 15.0 Å². The molecule has 0 spiro atoms. The lowest BCUT2D eigenvalue weighted by atomic mass is 10.2. The monoisotopic (exact) mass is 305 g/mol. The maximum atomic E-state index is 10.0. The molecule has 120 valence electrons. The summed E-state index contributed by atoms with van der Waals surface area (Å²) < 4.78 is 10.7. The number of nitrogens with zero attached hydrogens (tertiary/aromatic N) is 3. The molecular formula is C16H23N3O3. The van der Waals surface area contributed by atoms with Crippen LogP contribution in [0.1, 0.15) is 24.2 Å². The Labute approximate surface area is 130 Å². The third kappa shape index (κ3) is 5.13. The van der Waals surface area contributed by atoms with Gasteiger partial charge < -0.3 is 14.4 Å². The fourth-order valence-corrected chi connectivity index (χ4v) is 2.10. The fourth-order valence-electron chi connectivity index (χ4n) is 2.10. The van der Waals surface area contributed by atoms with Gasteiger partial charge in [-0.15, -0.1) is 0 Å². The van der Waals surface area contributed by atoms with Crippen molar-refractivity contribution in [3.05, 3.63) is 41.5 Å². The van der Waals surface area contributed by atoms with Crippen LogP contribution < -0.4 is 4.74 Å². The zero-order valence-corrected chi connectivity index (χ0v) is 13.3. The van der Waals surface area contributed by atoms with E-state index >= 15 is 0 Å². The molecule has 0 fully saturated rings. The highest BCUT2D eigenvalue weighted by Crippen LogP contribution is 2.12. The second-order valence-corrected chi connectivity index (χ2v) is 5.44. The molecule has 0 saturated heterocycles. The summed E-state index contributed by atoms with van der Waals surface area (Å²) in [5.41, 5.74) is 1.13. The highest BCUT2D eigenvalue weighted by molar-refractivity contribution is 5.27. The highest BCUT2D eigenvalue weighted by atomic mass is 16.5. The number of ether oxygens (including phenoxy) is 1. The molecule has 22 heavy (non-hydrogen) atoms. The average molecular weight is 305 g/mol. The molecule has 1 heterocycles. The minimum absolute atomic E-state index is 0.248. The smallest absolute Gasteiger partial charge is 0.240 e. The summed E-state index contributed by atoms with van der Waals surface area (Å²) in [6.45, 7) is 5.21. The van der Waals surface area contributed by atoms with E-state index in [9.17, 15) is 5.11 Å². The van der Waals surface area contributed by atoms with Gasteiger partial charge in [0.25, 0.3) is 0 Å². The van der Waals surface area contributed by atoms with Crippen LogP contribution in [0, 0.1) is 6.92 Å². The van der Waals surface area contributed by atoms with Crippen LogP contribution in [0.5, 0.6) is 5.75 Å². The summed E-state index contributed by atoms with van der Waals surface area (Å²) in [6.07, 6.45) is 0.166. The van der Waals surface area contributed by atoms with Gasteiger partial charge in [0.05, 0.1) is 6.54 Å². The Morgan fingerprint density at radius 2 is 2.23 bits per heavy atom. The van der Waals surface area contributed by atoms with E-state index < -0.39 is 6.10 Å². The topological polar surface area (TPSA) is 71.6 Å². The van der Waals surface area contributed by atoms with Crippen LogP contribution in [-0.2, 0) is 13.0 Å². The lowest BCUT2D eigenvalue weighted by Gasteiger charge is -2.19. The van der Waals surface area contributed by atoms with Gasteiger partial charge in [-0.05, 0) is 31.7 Å². The first-order chi connectivity index (χ1) is 10.6. The Kier molecular flexibility index (Phi) is 5.91. The van der Waals surface area contributed by atoms with E-state index in [1.807, 2.05) is 50.1 Å². The fraction of sp³-hybridized carbons (Fsp3) is 0.500. The number of hydrogen-bond donors (Lipinski definition) is 1. The second kappa shape index (κ2) is 7.91. The average Bonchev–Trinajstić information content (AvgIpc) is 2.92. The van der Waals surface area contributed by atoms with Gasteiger partial charge >= 0.3 is 0 Å². The van der Waals surface area contributed by atoms with E-state index in [0.29, 0.717) is 24.8 Å². The van der Waals surface area contributed by atoms with Crippen LogP contribution in [0.4, 0.5) is 0 Å². The lowest BCUT2D eigenvalue weighted by molar-refractivity contribution is 0.0713. The van der Waals surface area contributed by atoms with Crippen molar-refractivity contribution >= 4 is 0 Å². The molecule has 0 aliphatic heterocycles. The van der Waals surface area contributed by atoms with Crippen LogP contribution in [0.15, 0.2) is 28.8 Å². The zero-order valence-electron chi connectivity index (χ0n) is 13.3. The standard InChI is InChI=1S/C16H23N3O3/c1-4-15-17-16(22-18-15)10-19(3)9-13(20)11-21-14-7-5-6-12(2)8-14/h5-8,13,20H,4,9-11H2,1-3H3. The van der Waals surface area contributed by atoms with Crippen LogP contribution in [0.25, 0.3) is 0 Å². The minimum atomic E-state index is -0.584. The van der Waals surface area contributed by atoms with Crippen molar-refractivity contribution < 1.29 is 14.4 Å². The molecular weight excluding hydrogens is 282 g/mol. The molecule has 6 nitrogen and oxygen atoms in total. The van der Waals surface area contributed by atoms with Gasteiger partial charge in [-0.2, -0.15) is 4.98 Å². The second-order valence-electron chi connectivity index (χ2n) is 5.44. The van der Waals surface area contributed by atoms with Gasteiger partial charge in [0, 0.05) is 13.0 Å². The summed E-state index contributed by atoms with van der Waals surface area (Å²) in [6, 6.07) is 7.77. The quantitative estimate of drug-likeness (QED) is 0.802. The molecule has 1 N–H and O–H groups in total. The van der Waals surface area contributed by atoms with Gasteiger partial charge in [0.2, 0.25) is 5.89 Å². The Bertz CT molecular complexity index is 586. The van der Waals surface area contributed by atoms with Crippen LogP contribution in [-0.4, -0.2) is 46.5 Å². The van der Waals surface area contributed by atoms with Crippen molar-refractivity contribution in [2.45, 2.75) is 32.9 Å². The lowest BCUT2D eigenvalue weighted by Crippen LogP contribution is -2.32. The van der Waals surface area contributed by atoms with Gasteiger partial charge in [-0.3, -0.25) is 4.90 Å². The molecule has 0 radical (unpaired) electrons. The zero-order chi connectivity index (χ0) is 15.9. The van der Waals surface area contributed by atoms with Gasteiger partial charge in [0.15, 0.2) is 5.82 Å². The minimum Gasteiger partial charge on any atom is -0.491 e. The van der Waals surface area contributed by atoms with Crippen molar-refractivity contribution in [2.24, 2.45) is 0 Å². The number of benzene rings is 1. The van der Waals surface area contributed by atoms with E-state index in [4.69, 9.17) is 9.26 Å². The number of aliphatic hydroxyl groups excluding tert-OH is 1. The summed E-state index contributed by atoms with van der Waals surface area (Å²) >= 11 is 0. The molecule has 0 amide bonds. The van der Waals surface area contributed by atoms with Crippen molar-refractivity contribution in [3.8, 4) is 5.75 Å². The van der Waals surface area contributed by atoms with E-state index in [1.165, 1.54) is 0 Å². The first-order valence-electron chi connectivity index (χ1n) is 7.44. The molecule has 1 aromatic heterocycles. The molecule has 6 heteroatoms. The van der Waals surface area contributed by atoms with E-state index in [0.717, 1.165) is 17.7 Å². The molecule has 2 aromatic rings. The van der Waals surface area contributed by atoms with Gasteiger partial charge in [-0.1, -0.05) is 24.2 Å². The molecule has 1 aromatic carbocycles.